The van der Waals surface area contributed by atoms with Gasteiger partial charge >= 0.3 is 5.97 Å². The number of rotatable bonds is 4. The third kappa shape index (κ3) is 2.74. The fourth-order valence-electron chi connectivity index (χ4n) is 1.45. The molecule has 0 saturated heterocycles. The molecule has 0 fully saturated rings. The monoisotopic (exact) mass is 250 g/mol. The number of para-hydroxylation sites is 1. The van der Waals surface area contributed by atoms with E-state index < -0.39 is 0 Å². The smallest absolute Gasteiger partial charge is 0.328 e. The van der Waals surface area contributed by atoms with Crippen molar-refractivity contribution in [3.8, 4) is 0 Å². The van der Waals surface area contributed by atoms with Crippen molar-refractivity contribution in [3.63, 3.8) is 0 Å². The number of nitrogens with zero attached hydrogens (tertiary/aromatic N) is 1. The van der Waals surface area contributed by atoms with Crippen molar-refractivity contribution in [2.75, 3.05) is 11.9 Å². The number of fused-ring (bicyclic) bond motifs is 1. The molecule has 17 heavy (non-hydrogen) atoms. The Balaban J connectivity index is 2.10. The summed E-state index contributed by atoms with van der Waals surface area (Å²) >= 11 is 1.53. The predicted octanol–water partition coefficient (Wildman–Crippen LogP) is 2.66. The lowest BCUT2D eigenvalue weighted by Gasteiger charge is -2.10. The van der Waals surface area contributed by atoms with Gasteiger partial charge in [0.25, 0.3) is 0 Å². The van der Waals surface area contributed by atoms with Gasteiger partial charge in [-0.1, -0.05) is 23.5 Å². The van der Waals surface area contributed by atoms with Crippen LogP contribution in [0.1, 0.15) is 13.8 Å². The lowest BCUT2D eigenvalue weighted by molar-refractivity contribution is -0.143. The minimum absolute atomic E-state index is 0.258. The Morgan fingerprint density at radius 2 is 2.29 bits per heavy atom. The first kappa shape index (κ1) is 11.9. The van der Waals surface area contributed by atoms with Gasteiger partial charge in [0, 0.05) is 0 Å². The molecule has 2 rings (SSSR count). The van der Waals surface area contributed by atoms with E-state index in [1.807, 2.05) is 24.3 Å². The van der Waals surface area contributed by atoms with Crippen molar-refractivity contribution in [2.45, 2.75) is 19.9 Å². The predicted molar refractivity (Wildman–Crippen MR) is 69.3 cm³/mol. The molecule has 2 aromatic rings. The van der Waals surface area contributed by atoms with Crippen LogP contribution >= 0.6 is 11.3 Å². The molecule has 1 atom stereocenters. The highest BCUT2D eigenvalue weighted by molar-refractivity contribution is 7.22. The Kier molecular flexibility index (Phi) is 3.58. The summed E-state index contributed by atoms with van der Waals surface area (Å²) in [4.78, 5) is 15.8. The van der Waals surface area contributed by atoms with E-state index in [2.05, 4.69) is 10.3 Å². The van der Waals surface area contributed by atoms with Crippen LogP contribution in [0, 0.1) is 0 Å². The summed E-state index contributed by atoms with van der Waals surface area (Å²) in [5.41, 5.74) is 0.941. The molecule has 0 saturated carbocycles. The Morgan fingerprint density at radius 1 is 1.53 bits per heavy atom. The molecular formula is C12H14N2O2S. The summed E-state index contributed by atoms with van der Waals surface area (Å²) in [6.07, 6.45) is 0. The highest BCUT2D eigenvalue weighted by atomic mass is 32.1. The fraction of sp³-hybridized carbons (Fsp3) is 0.333. The van der Waals surface area contributed by atoms with Crippen molar-refractivity contribution in [3.05, 3.63) is 24.3 Å². The molecule has 0 spiro atoms. The van der Waals surface area contributed by atoms with Gasteiger partial charge in [-0.2, -0.15) is 0 Å². The molecule has 0 radical (unpaired) electrons. The van der Waals surface area contributed by atoms with Crippen molar-refractivity contribution >= 4 is 32.7 Å². The molecule has 1 heterocycles. The summed E-state index contributed by atoms with van der Waals surface area (Å²) < 4.78 is 6.03. The first-order valence-corrected chi connectivity index (χ1v) is 6.31. The van der Waals surface area contributed by atoms with Crippen LogP contribution in [0.25, 0.3) is 10.2 Å². The van der Waals surface area contributed by atoms with Gasteiger partial charge < -0.3 is 10.1 Å². The summed E-state index contributed by atoms with van der Waals surface area (Å²) in [5, 5.41) is 3.79. The van der Waals surface area contributed by atoms with Crippen LogP contribution in [0.5, 0.6) is 0 Å². The van der Waals surface area contributed by atoms with Crippen LogP contribution in [0.3, 0.4) is 0 Å². The van der Waals surface area contributed by atoms with E-state index in [1.54, 1.807) is 13.8 Å². The van der Waals surface area contributed by atoms with Crippen molar-refractivity contribution in [2.24, 2.45) is 0 Å². The third-order valence-electron chi connectivity index (χ3n) is 2.27. The molecule has 0 amide bonds. The first-order chi connectivity index (χ1) is 8.20. The molecule has 5 heteroatoms. The van der Waals surface area contributed by atoms with Gasteiger partial charge in [0.2, 0.25) is 0 Å². The molecule has 90 valence electrons. The van der Waals surface area contributed by atoms with Crippen molar-refractivity contribution in [1.82, 2.24) is 4.98 Å². The third-order valence-corrected chi connectivity index (χ3v) is 3.24. The SMILES string of the molecule is CCOC(=O)[C@H](C)Nc1nc2ccccc2s1. The zero-order valence-electron chi connectivity index (χ0n) is 9.77. The lowest BCUT2D eigenvalue weighted by atomic mass is 10.3. The second kappa shape index (κ2) is 5.14. The zero-order valence-corrected chi connectivity index (χ0v) is 10.6. The molecular weight excluding hydrogens is 236 g/mol. The zero-order chi connectivity index (χ0) is 12.3. The van der Waals surface area contributed by atoms with Crippen molar-refractivity contribution < 1.29 is 9.53 Å². The lowest BCUT2D eigenvalue weighted by Crippen LogP contribution is -2.28. The Labute approximate surface area is 104 Å². The second-order valence-corrected chi connectivity index (χ2v) is 4.64. The molecule has 0 aliphatic heterocycles. The number of hydrogen-bond acceptors (Lipinski definition) is 5. The van der Waals surface area contributed by atoms with Gasteiger partial charge in [-0.05, 0) is 26.0 Å². The summed E-state index contributed by atoms with van der Waals surface area (Å²) in [6.45, 7) is 3.96. The largest absolute Gasteiger partial charge is 0.464 e. The number of hydrogen-bond donors (Lipinski definition) is 1. The van der Waals surface area contributed by atoms with Crippen LogP contribution in [0.4, 0.5) is 5.13 Å². The average Bonchev–Trinajstić information content (AvgIpc) is 2.71. The molecule has 0 bridgehead atoms. The topological polar surface area (TPSA) is 51.2 Å². The van der Waals surface area contributed by atoms with E-state index in [0.717, 1.165) is 15.3 Å². The fourth-order valence-corrected chi connectivity index (χ4v) is 2.40. The van der Waals surface area contributed by atoms with Crippen LogP contribution in [-0.4, -0.2) is 23.6 Å². The van der Waals surface area contributed by atoms with Gasteiger partial charge in [-0.15, -0.1) is 0 Å². The number of ether oxygens (including phenoxy) is 1. The Morgan fingerprint density at radius 3 is 3.00 bits per heavy atom. The average molecular weight is 250 g/mol. The standard InChI is InChI=1S/C12H14N2O2S/c1-3-16-11(15)8(2)13-12-14-9-6-4-5-7-10(9)17-12/h4-8H,3H2,1-2H3,(H,13,14)/t8-/m0/s1. The maximum Gasteiger partial charge on any atom is 0.328 e. The van der Waals surface area contributed by atoms with E-state index in [1.165, 1.54) is 11.3 Å². The van der Waals surface area contributed by atoms with E-state index in [4.69, 9.17) is 4.74 Å². The van der Waals surface area contributed by atoms with E-state index in [0.29, 0.717) is 6.61 Å². The maximum atomic E-state index is 11.5. The van der Waals surface area contributed by atoms with Gasteiger partial charge in [0.1, 0.15) is 6.04 Å². The Bertz CT molecular complexity index is 491. The van der Waals surface area contributed by atoms with E-state index in [9.17, 15) is 4.79 Å². The molecule has 0 unspecified atom stereocenters. The van der Waals surface area contributed by atoms with Crippen LogP contribution < -0.4 is 5.32 Å². The number of carbonyl (C=O) groups is 1. The number of carbonyl (C=O) groups excluding carboxylic acids is 1. The van der Waals surface area contributed by atoms with Gasteiger partial charge in [0.15, 0.2) is 5.13 Å². The summed E-state index contributed by atoms with van der Waals surface area (Å²) in [7, 11) is 0. The highest BCUT2D eigenvalue weighted by Crippen LogP contribution is 2.25. The Hall–Kier alpha value is -1.62. The first-order valence-electron chi connectivity index (χ1n) is 5.49. The summed E-state index contributed by atoms with van der Waals surface area (Å²) in [5.74, 6) is -0.258. The molecule has 0 aliphatic rings. The number of esters is 1. The summed E-state index contributed by atoms with van der Waals surface area (Å²) in [6, 6.07) is 7.49. The highest BCUT2D eigenvalue weighted by Gasteiger charge is 2.15. The van der Waals surface area contributed by atoms with E-state index in [-0.39, 0.29) is 12.0 Å². The molecule has 1 aromatic carbocycles. The van der Waals surface area contributed by atoms with Crippen LogP contribution in [0.2, 0.25) is 0 Å². The molecule has 4 nitrogen and oxygen atoms in total. The van der Waals surface area contributed by atoms with Gasteiger partial charge in [-0.3, -0.25) is 0 Å². The normalized spacial score (nSPS) is 12.4. The van der Waals surface area contributed by atoms with Crippen LogP contribution in [0.15, 0.2) is 24.3 Å². The van der Waals surface area contributed by atoms with Crippen molar-refractivity contribution in [1.29, 1.82) is 0 Å². The minimum Gasteiger partial charge on any atom is -0.464 e. The molecule has 1 aromatic heterocycles. The number of benzene rings is 1. The van der Waals surface area contributed by atoms with E-state index >= 15 is 0 Å². The number of aromatic nitrogens is 1. The van der Waals surface area contributed by atoms with Gasteiger partial charge in [-0.25, -0.2) is 9.78 Å². The number of thiazole rings is 1. The number of nitrogens with one attached hydrogen (secondary N) is 1. The molecule has 0 aliphatic carbocycles. The second-order valence-electron chi connectivity index (χ2n) is 3.60. The number of anilines is 1. The minimum atomic E-state index is -0.379. The quantitative estimate of drug-likeness (QED) is 0.848. The molecule has 1 N–H and O–H groups in total. The van der Waals surface area contributed by atoms with Gasteiger partial charge in [0.05, 0.1) is 16.8 Å². The van der Waals surface area contributed by atoms with Crippen LogP contribution in [-0.2, 0) is 9.53 Å². The maximum absolute atomic E-state index is 11.5.